The van der Waals surface area contributed by atoms with Crippen molar-refractivity contribution in [2.75, 3.05) is 109 Å². The maximum Gasteiger partial charge on any atom is 0.330 e. The summed E-state index contributed by atoms with van der Waals surface area (Å²) in [7, 11) is 12.1. The van der Waals surface area contributed by atoms with E-state index in [9.17, 15) is 9.90 Å². The number of likely N-dealkylation sites (N-methyl/N-ethyl adjacent to an activating group) is 1. The first kappa shape index (κ1) is 43.6. The van der Waals surface area contributed by atoms with Gasteiger partial charge in [-0.05, 0) is 53.6 Å². The Bertz CT molecular complexity index is 1750. The molecule has 5 rings (SSSR count). The zero-order chi connectivity index (χ0) is 40.8. The number of rotatable bonds is 21. The number of carbonyl (C=O) groups is 1. The fraction of sp³-hybridized carbons (Fsp3) is 0.523. The summed E-state index contributed by atoms with van der Waals surface area (Å²) in [5.74, 6) is 3.56. The minimum atomic E-state index is -1.22. The van der Waals surface area contributed by atoms with Crippen LogP contribution >= 0.6 is 0 Å². The van der Waals surface area contributed by atoms with Crippen molar-refractivity contribution >= 4 is 5.97 Å². The Morgan fingerprint density at radius 1 is 0.789 bits per heavy atom. The van der Waals surface area contributed by atoms with Gasteiger partial charge in [0.25, 0.3) is 0 Å². The maximum absolute atomic E-state index is 12.7. The van der Waals surface area contributed by atoms with E-state index in [4.69, 9.17) is 42.6 Å². The molecule has 0 saturated carbocycles. The molecule has 0 spiro atoms. The molecule has 0 radical (unpaired) electrons. The quantitative estimate of drug-likeness (QED) is 0.0499. The molecule has 0 aliphatic carbocycles. The van der Waals surface area contributed by atoms with Crippen molar-refractivity contribution in [2.24, 2.45) is 0 Å². The van der Waals surface area contributed by atoms with Gasteiger partial charge in [0, 0.05) is 42.9 Å². The Kier molecular flexibility index (Phi) is 15.9. The molecule has 2 aliphatic heterocycles. The molecule has 3 atom stereocenters. The average molecular weight is 795 g/mol. The van der Waals surface area contributed by atoms with Crippen molar-refractivity contribution in [2.45, 2.75) is 44.6 Å². The second-order valence-corrected chi connectivity index (χ2v) is 15.0. The first-order chi connectivity index (χ1) is 27.6. The summed E-state index contributed by atoms with van der Waals surface area (Å²) < 4.78 is 51.9. The molecule has 1 saturated heterocycles. The zero-order valence-electron chi connectivity index (χ0n) is 34.8. The summed E-state index contributed by atoms with van der Waals surface area (Å²) in [4.78, 5) is 12.7. The predicted molar refractivity (Wildman–Crippen MR) is 215 cm³/mol. The molecular weight excluding hydrogens is 732 g/mol. The molecule has 0 aromatic heterocycles. The van der Waals surface area contributed by atoms with Crippen molar-refractivity contribution in [3.05, 3.63) is 82.9 Å². The third-order valence-corrected chi connectivity index (χ3v) is 11.4. The van der Waals surface area contributed by atoms with Gasteiger partial charge in [0.05, 0.1) is 95.8 Å². The number of benzene rings is 3. The van der Waals surface area contributed by atoms with Gasteiger partial charge in [0.1, 0.15) is 31.4 Å². The fourth-order valence-corrected chi connectivity index (χ4v) is 8.19. The molecule has 312 valence electrons. The van der Waals surface area contributed by atoms with Crippen LogP contribution in [0.3, 0.4) is 0 Å². The number of esters is 1. The molecular formula is C44H62N2O11+2. The number of aliphatic hydroxyl groups is 1. The van der Waals surface area contributed by atoms with Gasteiger partial charge in [-0.15, -0.1) is 0 Å². The standard InChI is InChI=1S/C44H62N2O11/c1-45(19-16-34-29-38(50-3)39(51-4)30-36(34)37(45)26-32-10-12-35(49-2)13-11-32)17-8-22-56-42(47)14-15-43(48)57-23-9-18-46(20-24-55-25-21-46)31-33-27-40(52-5)44(54-7)41(28-33)53-6/h10-15,27-30,37,43,48H,8-9,16-26,31H2,1-7H3/q+2/b15-14-/t37-,43?,45?/m1/s1. The highest BCUT2D eigenvalue weighted by Gasteiger charge is 2.40. The SMILES string of the molecule is COc1ccc(C[C@@H]2c3cc(OC)c(OC)cc3CC[N+]2(C)CCCOC(=O)/C=C\C(O)OCCC[N+]2(Cc3cc(OC)c(OC)c(OC)c3)CCOCC2)cc1. The lowest BCUT2D eigenvalue weighted by molar-refractivity contribution is -0.947. The third-order valence-electron chi connectivity index (χ3n) is 11.4. The van der Waals surface area contributed by atoms with Crippen LogP contribution < -0.4 is 28.4 Å². The number of hydrogen-bond acceptors (Lipinski definition) is 11. The Balaban J connectivity index is 1.11. The van der Waals surface area contributed by atoms with Crippen LogP contribution in [0.25, 0.3) is 0 Å². The van der Waals surface area contributed by atoms with Crippen LogP contribution in [-0.2, 0) is 38.4 Å². The molecule has 13 heteroatoms. The highest BCUT2D eigenvalue weighted by atomic mass is 16.6. The van der Waals surface area contributed by atoms with Crippen molar-refractivity contribution < 1.29 is 61.5 Å². The summed E-state index contributed by atoms with van der Waals surface area (Å²) in [6.45, 7) is 6.94. The Hall–Kier alpha value is -4.53. The van der Waals surface area contributed by atoms with Gasteiger partial charge in [0.15, 0.2) is 29.3 Å². The van der Waals surface area contributed by atoms with Gasteiger partial charge in [-0.25, -0.2) is 4.79 Å². The number of hydrogen-bond donors (Lipinski definition) is 1. The van der Waals surface area contributed by atoms with Crippen molar-refractivity contribution in [1.82, 2.24) is 0 Å². The lowest BCUT2D eigenvalue weighted by atomic mass is 9.86. The van der Waals surface area contributed by atoms with Gasteiger partial charge in [-0.3, -0.25) is 0 Å². The van der Waals surface area contributed by atoms with Gasteiger partial charge in [0.2, 0.25) is 5.75 Å². The fourth-order valence-electron chi connectivity index (χ4n) is 8.19. The largest absolute Gasteiger partial charge is 0.497 e. The van der Waals surface area contributed by atoms with E-state index < -0.39 is 12.3 Å². The summed E-state index contributed by atoms with van der Waals surface area (Å²) in [6, 6.07) is 16.6. The summed E-state index contributed by atoms with van der Waals surface area (Å²) in [5, 5.41) is 10.5. The summed E-state index contributed by atoms with van der Waals surface area (Å²) >= 11 is 0. The number of ether oxygens (including phenoxy) is 9. The Labute approximate surface area is 337 Å². The van der Waals surface area contributed by atoms with Crippen molar-refractivity contribution in [1.29, 1.82) is 0 Å². The molecule has 3 aromatic carbocycles. The number of methoxy groups -OCH3 is 6. The van der Waals surface area contributed by atoms with Crippen LogP contribution in [-0.4, -0.2) is 135 Å². The molecule has 1 fully saturated rings. The number of nitrogens with zero attached hydrogens (tertiary/aromatic N) is 2. The lowest BCUT2D eigenvalue weighted by Crippen LogP contribution is -2.55. The Morgan fingerprint density at radius 3 is 2.07 bits per heavy atom. The topological polar surface area (TPSA) is 120 Å². The normalized spacial score (nSPS) is 19.3. The van der Waals surface area contributed by atoms with Gasteiger partial charge >= 0.3 is 5.97 Å². The molecule has 1 N–H and O–H groups in total. The van der Waals surface area contributed by atoms with E-state index in [0.29, 0.717) is 55.7 Å². The summed E-state index contributed by atoms with van der Waals surface area (Å²) in [5.41, 5.74) is 4.78. The predicted octanol–water partition coefficient (Wildman–Crippen LogP) is 5.29. The second-order valence-electron chi connectivity index (χ2n) is 15.0. The van der Waals surface area contributed by atoms with Crippen LogP contribution in [0.1, 0.15) is 41.1 Å². The number of carbonyl (C=O) groups excluding carboxylic acids is 1. The van der Waals surface area contributed by atoms with Crippen molar-refractivity contribution in [3.8, 4) is 34.5 Å². The van der Waals surface area contributed by atoms with Crippen molar-refractivity contribution in [3.63, 3.8) is 0 Å². The van der Waals surface area contributed by atoms with Gasteiger partial charge in [-0.2, -0.15) is 0 Å². The average Bonchev–Trinajstić information content (AvgIpc) is 3.24. The molecule has 13 nitrogen and oxygen atoms in total. The van der Waals surface area contributed by atoms with Crippen LogP contribution in [0, 0.1) is 0 Å². The summed E-state index contributed by atoms with van der Waals surface area (Å²) in [6.07, 6.45) is 4.46. The smallest absolute Gasteiger partial charge is 0.330 e. The first-order valence-electron chi connectivity index (χ1n) is 19.7. The monoisotopic (exact) mass is 794 g/mol. The Morgan fingerprint density at radius 2 is 1.44 bits per heavy atom. The molecule has 0 amide bonds. The number of fused-ring (bicyclic) bond motifs is 1. The van der Waals surface area contributed by atoms with E-state index in [-0.39, 0.29) is 12.6 Å². The molecule has 2 unspecified atom stereocenters. The third kappa shape index (κ3) is 11.3. The molecule has 2 aliphatic rings. The molecule has 3 aromatic rings. The second kappa shape index (κ2) is 20.8. The molecule has 2 heterocycles. The van der Waals surface area contributed by atoms with Gasteiger partial charge < -0.3 is 56.7 Å². The maximum atomic E-state index is 12.7. The van der Waals surface area contributed by atoms with E-state index in [0.717, 1.165) is 78.1 Å². The van der Waals surface area contributed by atoms with Crippen LogP contribution in [0.4, 0.5) is 0 Å². The minimum absolute atomic E-state index is 0.152. The van der Waals surface area contributed by atoms with E-state index in [1.54, 1.807) is 42.7 Å². The van der Waals surface area contributed by atoms with E-state index in [2.05, 4.69) is 31.3 Å². The van der Waals surface area contributed by atoms with E-state index in [1.807, 2.05) is 24.3 Å². The lowest BCUT2D eigenvalue weighted by Gasteiger charge is -2.46. The van der Waals surface area contributed by atoms with Crippen LogP contribution in [0.5, 0.6) is 34.5 Å². The van der Waals surface area contributed by atoms with E-state index >= 15 is 0 Å². The minimum Gasteiger partial charge on any atom is -0.497 e. The highest BCUT2D eigenvalue weighted by Crippen LogP contribution is 2.43. The highest BCUT2D eigenvalue weighted by molar-refractivity contribution is 5.81. The van der Waals surface area contributed by atoms with Gasteiger partial charge in [-0.1, -0.05) is 12.1 Å². The van der Waals surface area contributed by atoms with E-state index in [1.165, 1.54) is 28.8 Å². The zero-order valence-corrected chi connectivity index (χ0v) is 34.8. The first-order valence-corrected chi connectivity index (χ1v) is 19.7. The van der Waals surface area contributed by atoms with Crippen LogP contribution in [0.15, 0.2) is 60.7 Å². The number of aliphatic hydroxyl groups excluding tert-OH is 1. The van der Waals surface area contributed by atoms with Crippen LogP contribution in [0.2, 0.25) is 0 Å². The number of quaternary nitrogens is 2. The molecule has 0 bridgehead atoms. The number of morpholine rings is 1. The molecule has 57 heavy (non-hydrogen) atoms.